The molecule has 0 aromatic heterocycles. The van der Waals surface area contributed by atoms with Crippen molar-refractivity contribution >= 4 is 23.9 Å². The lowest BCUT2D eigenvalue weighted by Crippen LogP contribution is -2.46. The molecule has 0 radical (unpaired) electrons. The smallest absolute Gasteiger partial charge is 0.311 e. The van der Waals surface area contributed by atoms with Gasteiger partial charge in [0, 0.05) is 0 Å². The van der Waals surface area contributed by atoms with Crippen LogP contribution in [0.25, 0.3) is 0 Å². The molecule has 0 aromatic rings. The molecule has 0 unspecified atom stereocenters. The lowest BCUT2D eigenvalue weighted by molar-refractivity contribution is -0.181. The van der Waals surface area contributed by atoms with E-state index in [0.717, 1.165) is 0 Å². The van der Waals surface area contributed by atoms with E-state index in [0.29, 0.717) is 0 Å². The molecular weight excluding hydrogens is 440 g/mol. The van der Waals surface area contributed by atoms with Crippen LogP contribution in [0.4, 0.5) is 0 Å². The number of hydrogen-bond donors (Lipinski definition) is 0. The predicted octanol–water partition coefficient (Wildman–Crippen LogP) is 4.97. The summed E-state index contributed by atoms with van der Waals surface area (Å²) in [5, 5.41) is 0. The Morgan fingerprint density at radius 3 is 0.676 bits per heavy atom. The maximum atomic E-state index is 12.5. The fraction of sp³-hybridized carbons (Fsp3) is 0.846. The third kappa shape index (κ3) is 11.8. The van der Waals surface area contributed by atoms with Crippen LogP contribution >= 0.6 is 0 Å². The first-order chi connectivity index (χ1) is 14.5. The van der Waals surface area contributed by atoms with Gasteiger partial charge in [-0.2, -0.15) is 0 Å². The van der Waals surface area contributed by atoms with Crippen LogP contribution in [-0.2, 0) is 38.1 Å². The van der Waals surface area contributed by atoms with Gasteiger partial charge in [0.15, 0.2) is 0 Å². The van der Waals surface area contributed by atoms with Crippen molar-refractivity contribution in [2.75, 3.05) is 26.4 Å². The van der Waals surface area contributed by atoms with Crippen molar-refractivity contribution in [2.24, 2.45) is 27.1 Å². The molecular formula is C26H48O8. The van der Waals surface area contributed by atoms with Crippen LogP contribution in [0.3, 0.4) is 0 Å². The molecule has 0 aliphatic rings. The fourth-order valence-corrected chi connectivity index (χ4v) is 1.99. The van der Waals surface area contributed by atoms with Crippen molar-refractivity contribution in [1.29, 1.82) is 0 Å². The van der Waals surface area contributed by atoms with Crippen LogP contribution in [-0.4, -0.2) is 50.3 Å². The second kappa shape index (κ2) is 12.0. The van der Waals surface area contributed by atoms with E-state index in [-0.39, 0.29) is 33.9 Å². The van der Waals surface area contributed by atoms with E-state index < -0.39 is 51.0 Å². The molecule has 0 rings (SSSR count). The number of esters is 4. The summed E-state index contributed by atoms with van der Waals surface area (Å²) in [4.78, 5) is 49.8. The Hall–Kier alpha value is -2.12. The molecule has 0 spiro atoms. The summed E-state index contributed by atoms with van der Waals surface area (Å²) in [5.74, 6) is -1.95. The Balaban J connectivity index is 0. The van der Waals surface area contributed by atoms with Crippen LogP contribution in [0.1, 0.15) is 90.5 Å². The number of ether oxygens (including phenoxy) is 4. The molecule has 8 nitrogen and oxygen atoms in total. The zero-order valence-corrected chi connectivity index (χ0v) is 22.6. The molecule has 0 aliphatic carbocycles. The normalized spacial score (nSPS) is 12.8. The highest BCUT2D eigenvalue weighted by molar-refractivity contribution is 5.77. The monoisotopic (exact) mass is 488 g/mol. The van der Waals surface area contributed by atoms with Gasteiger partial charge in [-0.05, 0) is 83.1 Å². The summed E-state index contributed by atoms with van der Waals surface area (Å²) in [6, 6.07) is 0. The lowest BCUT2D eigenvalue weighted by Gasteiger charge is -2.34. The molecule has 0 N–H and O–H groups in total. The number of rotatable bonds is 8. The van der Waals surface area contributed by atoms with Crippen molar-refractivity contribution in [3.63, 3.8) is 0 Å². The SMILES string of the molecule is C.CC(C)(C)C(=O)OCC(COC(=O)C(C)(C)C)(COC(=O)C(C)(C)C)COC(=O)C(C)(C)C. The Morgan fingerprint density at radius 2 is 0.559 bits per heavy atom. The van der Waals surface area contributed by atoms with Crippen LogP contribution in [0, 0.1) is 27.1 Å². The minimum absolute atomic E-state index is 0. The highest BCUT2D eigenvalue weighted by atomic mass is 16.6. The van der Waals surface area contributed by atoms with Crippen molar-refractivity contribution in [3.8, 4) is 0 Å². The maximum Gasteiger partial charge on any atom is 0.311 e. The van der Waals surface area contributed by atoms with Crippen molar-refractivity contribution in [3.05, 3.63) is 0 Å². The van der Waals surface area contributed by atoms with Gasteiger partial charge in [0.1, 0.15) is 31.8 Å². The second-order valence-corrected chi connectivity index (χ2v) is 12.8. The van der Waals surface area contributed by atoms with Crippen molar-refractivity contribution in [1.82, 2.24) is 0 Å². The zero-order chi connectivity index (χ0) is 26.5. The standard InChI is InChI=1S/C25H44O8.CH4/c1-21(2,3)17(26)30-13-25(14-31-18(27)22(4,5)6,15-32-19(28)23(7,8)9)16-33-20(29)24(10,11)12;/h13-16H2,1-12H3;1H4. The Bertz CT molecular complexity index is 584. The minimum atomic E-state index is -1.27. The number of carbonyl (C=O) groups is 4. The minimum Gasteiger partial charge on any atom is -0.464 e. The van der Waals surface area contributed by atoms with Gasteiger partial charge in [-0.3, -0.25) is 19.2 Å². The quantitative estimate of drug-likeness (QED) is 0.348. The van der Waals surface area contributed by atoms with E-state index in [1.54, 1.807) is 83.1 Å². The summed E-state index contributed by atoms with van der Waals surface area (Å²) < 4.78 is 22.1. The molecule has 0 saturated heterocycles. The average Bonchev–Trinajstić information content (AvgIpc) is 2.62. The molecule has 0 amide bonds. The van der Waals surface area contributed by atoms with Crippen molar-refractivity contribution < 1.29 is 38.1 Å². The Labute approximate surface area is 206 Å². The van der Waals surface area contributed by atoms with E-state index in [9.17, 15) is 19.2 Å². The van der Waals surface area contributed by atoms with Gasteiger partial charge >= 0.3 is 23.9 Å². The summed E-state index contributed by atoms with van der Waals surface area (Å²) in [6.45, 7) is 19.4. The topological polar surface area (TPSA) is 105 Å². The van der Waals surface area contributed by atoms with Gasteiger partial charge in [0.05, 0.1) is 21.7 Å². The summed E-state index contributed by atoms with van der Waals surface area (Å²) in [7, 11) is 0. The predicted molar refractivity (Wildman–Crippen MR) is 131 cm³/mol. The number of carbonyl (C=O) groups excluding carboxylic acids is 4. The molecule has 0 aromatic carbocycles. The average molecular weight is 489 g/mol. The third-order valence-corrected chi connectivity index (χ3v) is 4.49. The molecule has 200 valence electrons. The van der Waals surface area contributed by atoms with E-state index in [4.69, 9.17) is 18.9 Å². The summed E-state index contributed by atoms with van der Waals surface area (Å²) in [6.07, 6.45) is 0. The van der Waals surface area contributed by atoms with Crippen molar-refractivity contribution in [2.45, 2.75) is 90.5 Å². The number of hydrogen-bond acceptors (Lipinski definition) is 8. The largest absolute Gasteiger partial charge is 0.464 e. The molecule has 0 saturated carbocycles. The molecule has 8 heteroatoms. The van der Waals surface area contributed by atoms with E-state index in [2.05, 4.69) is 0 Å². The molecule has 0 fully saturated rings. The lowest BCUT2D eigenvalue weighted by atomic mass is 9.90. The van der Waals surface area contributed by atoms with Gasteiger partial charge in [-0.1, -0.05) is 7.43 Å². The zero-order valence-electron chi connectivity index (χ0n) is 22.6. The molecule has 0 bridgehead atoms. The van der Waals surface area contributed by atoms with Crippen LogP contribution in [0.15, 0.2) is 0 Å². The van der Waals surface area contributed by atoms with Crippen LogP contribution in [0.2, 0.25) is 0 Å². The highest BCUT2D eigenvalue weighted by Gasteiger charge is 2.41. The van der Waals surface area contributed by atoms with Gasteiger partial charge in [-0.15, -0.1) is 0 Å². The van der Waals surface area contributed by atoms with E-state index in [1.807, 2.05) is 0 Å². The summed E-state index contributed by atoms with van der Waals surface area (Å²) in [5.41, 5.74) is -4.39. The fourth-order valence-electron chi connectivity index (χ4n) is 1.99. The first kappa shape index (κ1) is 34.0. The second-order valence-electron chi connectivity index (χ2n) is 12.8. The Kier molecular flexibility index (Phi) is 12.0. The van der Waals surface area contributed by atoms with Gasteiger partial charge in [0.2, 0.25) is 0 Å². The molecule has 0 atom stereocenters. The van der Waals surface area contributed by atoms with Gasteiger partial charge < -0.3 is 18.9 Å². The maximum absolute atomic E-state index is 12.5. The first-order valence-electron chi connectivity index (χ1n) is 11.2. The van der Waals surface area contributed by atoms with E-state index >= 15 is 0 Å². The molecule has 34 heavy (non-hydrogen) atoms. The van der Waals surface area contributed by atoms with Gasteiger partial charge in [-0.25, -0.2) is 0 Å². The Morgan fingerprint density at radius 1 is 0.412 bits per heavy atom. The van der Waals surface area contributed by atoms with Crippen LogP contribution in [0.5, 0.6) is 0 Å². The van der Waals surface area contributed by atoms with Gasteiger partial charge in [0.25, 0.3) is 0 Å². The third-order valence-electron chi connectivity index (χ3n) is 4.49. The highest BCUT2D eigenvalue weighted by Crippen LogP contribution is 2.28. The molecule has 0 heterocycles. The van der Waals surface area contributed by atoms with Crippen LogP contribution < -0.4 is 0 Å². The summed E-state index contributed by atoms with van der Waals surface area (Å²) >= 11 is 0. The van der Waals surface area contributed by atoms with E-state index in [1.165, 1.54) is 0 Å². The molecule has 0 aliphatic heterocycles. The first-order valence-corrected chi connectivity index (χ1v) is 11.2.